The van der Waals surface area contributed by atoms with E-state index < -0.39 is 0 Å². The summed E-state index contributed by atoms with van der Waals surface area (Å²) in [6, 6.07) is 13.6. The van der Waals surface area contributed by atoms with Crippen LogP contribution in [-0.4, -0.2) is 19.5 Å². The van der Waals surface area contributed by atoms with Gasteiger partial charge in [0.25, 0.3) is 0 Å². The van der Waals surface area contributed by atoms with Gasteiger partial charge in [-0.3, -0.25) is 4.79 Å². The van der Waals surface area contributed by atoms with E-state index in [1.807, 2.05) is 30.3 Å². The summed E-state index contributed by atoms with van der Waals surface area (Å²) < 4.78 is 0. The van der Waals surface area contributed by atoms with Crippen molar-refractivity contribution in [3.8, 4) is 12.3 Å². The Morgan fingerprint density at radius 1 is 1.29 bits per heavy atom. The number of carbonyl (C=O) groups is 1. The highest BCUT2D eigenvalue weighted by molar-refractivity contribution is 6.02. The van der Waals surface area contributed by atoms with E-state index in [0.717, 1.165) is 24.1 Å². The summed E-state index contributed by atoms with van der Waals surface area (Å²) >= 11 is 0. The second-order valence-corrected chi connectivity index (χ2v) is 5.96. The lowest BCUT2D eigenvalue weighted by molar-refractivity contribution is -0.111. The molecule has 0 unspecified atom stereocenters. The number of carbonyl (C=O) groups excluding carboxylic acids is 1. The largest absolute Gasteiger partial charge is 0.374 e. The molecule has 120 valence electrons. The maximum atomic E-state index is 12.1. The van der Waals surface area contributed by atoms with Gasteiger partial charge in [0.2, 0.25) is 5.91 Å². The van der Waals surface area contributed by atoms with Crippen LogP contribution in [0.3, 0.4) is 0 Å². The van der Waals surface area contributed by atoms with Gasteiger partial charge in [0, 0.05) is 36.6 Å². The minimum atomic E-state index is -0.168. The zero-order valence-corrected chi connectivity index (χ0v) is 13.8. The van der Waals surface area contributed by atoms with E-state index in [1.54, 1.807) is 12.1 Å². The second kappa shape index (κ2) is 7.06. The Kier molecular flexibility index (Phi) is 4.67. The third-order valence-electron chi connectivity index (χ3n) is 4.18. The van der Waals surface area contributed by atoms with Crippen molar-refractivity contribution in [2.75, 3.05) is 23.8 Å². The number of anilines is 2. The quantitative estimate of drug-likeness (QED) is 0.692. The number of hydrogen-bond donors (Lipinski definition) is 1. The first-order valence-corrected chi connectivity index (χ1v) is 8.05. The van der Waals surface area contributed by atoms with Crippen LogP contribution in [0.1, 0.15) is 23.1 Å². The van der Waals surface area contributed by atoms with Crippen molar-refractivity contribution < 1.29 is 4.79 Å². The molecule has 1 amide bonds. The van der Waals surface area contributed by atoms with Gasteiger partial charge in [0.1, 0.15) is 0 Å². The van der Waals surface area contributed by atoms with E-state index in [-0.39, 0.29) is 5.91 Å². The zero-order chi connectivity index (χ0) is 16.9. The molecule has 0 saturated heterocycles. The minimum Gasteiger partial charge on any atom is -0.374 e. The van der Waals surface area contributed by atoms with Gasteiger partial charge in [-0.2, -0.15) is 0 Å². The number of nitrogens with one attached hydrogen (secondary N) is 1. The van der Waals surface area contributed by atoms with E-state index in [9.17, 15) is 4.79 Å². The van der Waals surface area contributed by atoms with Crippen LogP contribution in [-0.2, 0) is 11.2 Å². The molecule has 0 atom stereocenters. The van der Waals surface area contributed by atoms with E-state index in [1.165, 1.54) is 17.7 Å². The van der Waals surface area contributed by atoms with Crippen LogP contribution in [0.2, 0.25) is 0 Å². The molecule has 2 aromatic carbocycles. The molecular formula is C21H20N2O. The zero-order valence-electron chi connectivity index (χ0n) is 13.8. The number of amides is 1. The van der Waals surface area contributed by atoms with Crippen LogP contribution in [0, 0.1) is 12.3 Å². The van der Waals surface area contributed by atoms with E-state index in [2.05, 4.69) is 35.3 Å². The fourth-order valence-electron chi connectivity index (χ4n) is 2.95. The molecule has 3 nitrogen and oxygen atoms in total. The van der Waals surface area contributed by atoms with Gasteiger partial charge in [-0.1, -0.05) is 18.1 Å². The van der Waals surface area contributed by atoms with Gasteiger partial charge < -0.3 is 10.2 Å². The number of benzene rings is 2. The van der Waals surface area contributed by atoms with Crippen molar-refractivity contribution >= 4 is 23.4 Å². The normalized spacial score (nSPS) is 13.4. The summed E-state index contributed by atoms with van der Waals surface area (Å²) in [7, 11) is 2.12. The van der Waals surface area contributed by atoms with Gasteiger partial charge >= 0.3 is 0 Å². The van der Waals surface area contributed by atoms with Crippen LogP contribution in [0.5, 0.6) is 0 Å². The lowest BCUT2D eigenvalue weighted by Gasteiger charge is -2.27. The van der Waals surface area contributed by atoms with Crippen molar-refractivity contribution in [1.29, 1.82) is 0 Å². The van der Waals surface area contributed by atoms with Crippen molar-refractivity contribution in [1.82, 2.24) is 0 Å². The summed E-state index contributed by atoms with van der Waals surface area (Å²) in [5.41, 5.74) is 5.11. The smallest absolute Gasteiger partial charge is 0.248 e. The average molecular weight is 316 g/mol. The number of fused-ring (bicyclic) bond motifs is 1. The predicted molar refractivity (Wildman–Crippen MR) is 100 cm³/mol. The standard InChI is InChI=1S/C21H20N2O/c1-3-16-6-4-8-19(15-16)22-21(24)12-10-17-9-11-20-18(14-17)7-5-13-23(20)2/h1,4,6,8-12,14-15H,5,7,13H2,2H3,(H,22,24)/b12-10-. The Hall–Kier alpha value is -2.99. The minimum absolute atomic E-state index is 0.168. The highest BCUT2D eigenvalue weighted by Gasteiger charge is 2.13. The number of rotatable bonds is 3. The summed E-state index contributed by atoms with van der Waals surface area (Å²) in [6.07, 6.45) is 11.0. The SMILES string of the molecule is C#Cc1cccc(NC(=O)/C=C\c2ccc3c(c2)CCCN3C)c1. The van der Waals surface area contributed by atoms with Crippen LogP contribution in [0.25, 0.3) is 6.08 Å². The maximum Gasteiger partial charge on any atom is 0.248 e. The highest BCUT2D eigenvalue weighted by Crippen LogP contribution is 2.27. The molecule has 2 aromatic rings. The second-order valence-electron chi connectivity index (χ2n) is 5.96. The molecule has 0 radical (unpaired) electrons. The van der Waals surface area contributed by atoms with Gasteiger partial charge in [-0.05, 0) is 60.4 Å². The molecule has 1 N–H and O–H groups in total. The van der Waals surface area contributed by atoms with Crippen LogP contribution < -0.4 is 10.2 Å². The highest BCUT2D eigenvalue weighted by atomic mass is 16.1. The van der Waals surface area contributed by atoms with Crippen molar-refractivity contribution in [2.24, 2.45) is 0 Å². The molecular weight excluding hydrogens is 296 g/mol. The van der Waals surface area contributed by atoms with Crippen LogP contribution in [0.4, 0.5) is 11.4 Å². The van der Waals surface area contributed by atoms with Crippen molar-refractivity contribution in [3.63, 3.8) is 0 Å². The monoisotopic (exact) mass is 316 g/mol. The Morgan fingerprint density at radius 2 is 2.17 bits per heavy atom. The van der Waals surface area contributed by atoms with Crippen molar-refractivity contribution in [2.45, 2.75) is 12.8 Å². The van der Waals surface area contributed by atoms with E-state index in [0.29, 0.717) is 5.69 Å². The number of aryl methyl sites for hydroxylation is 1. The first-order valence-electron chi connectivity index (χ1n) is 8.05. The Bertz CT molecular complexity index is 830. The average Bonchev–Trinajstić information content (AvgIpc) is 2.60. The Morgan fingerprint density at radius 3 is 3.00 bits per heavy atom. The van der Waals surface area contributed by atoms with Gasteiger partial charge in [0.15, 0.2) is 0 Å². The van der Waals surface area contributed by atoms with Gasteiger partial charge in [-0.25, -0.2) is 0 Å². The van der Waals surface area contributed by atoms with Crippen LogP contribution in [0.15, 0.2) is 48.5 Å². The number of hydrogen-bond acceptors (Lipinski definition) is 2. The molecule has 0 fully saturated rings. The molecule has 1 aliphatic heterocycles. The van der Waals surface area contributed by atoms with Gasteiger partial charge in [0.05, 0.1) is 0 Å². The molecule has 1 aliphatic rings. The lowest BCUT2D eigenvalue weighted by atomic mass is 9.99. The lowest BCUT2D eigenvalue weighted by Crippen LogP contribution is -2.24. The van der Waals surface area contributed by atoms with Crippen LogP contribution >= 0.6 is 0 Å². The third kappa shape index (κ3) is 3.67. The summed E-state index contributed by atoms with van der Waals surface area (Å²) in [4.78, 5) is 14.3. The Labute approximate surface area is 143 Å². The molecule has 3 rings (SSSR count). The molecule has 1 heterocycles. The summed E-state index contributed by atoms with van der Waals surface area (Å²) in [5.74, 6) is 2.39. The fourth-order valence-corrected chi connectivity index (χ4v) is 2.95. The molecule has 0 spiro atoms. The topological polar surface area (TPSA) is 32.3 Å². The third-order valence-corrected chi connectivity index (χ3v) is 4.18. The summed E-state index contributed by atoms with van der Waals surface area (Å²) in [6.45, 7) is 1.10. The molecule has 24 heavy (non-hydrogen) atoms. The predicted octanol–water partition coefficient (Wildman–Crippen LogP) is 3.70. The summed E-state index contributed by atoms with van der Waals surface area (Å²) in [5, 5.41) is 2.83. The first-order chi connectivity index (χ1) is 11.7. The number of nitrogens with zero attached hydrogens (tertiary/aromatic N) is 1. The molecule has 0 aliphatic carbocycles. The Balaban J connectivity index is 1.69. The number of terminal acetylenes is 1. The fraction of sp³-hybridized carbons (Fsp3) is 0.190. The molecule has 0 bridgehead atoms. The van der Waals surface area contributed by atoms with E-state index in [4.69, 9.17) is 6.42 Å². The van der Waals surface area contributed by atoms with E-state index >= 15 is 0 Å². The molecule has 0 saturated carbocycles. The van der Waals surface area contributed by atoms with Crippen molar-refractivity contribution in [3.05, 3.63) is 65.2 Å². The first kappa shape index (κ1) is 15.9. The van der Waals surface area contributed by atoms with Gasteiger partial charge in [-0.15, -0.1) is 6.42 Å². The maximum absolute atomic E-state index is 12.1. The molecule has 3 heteroatoms. The molecule has 0 aromatic heterocycles.